The Kier molecular flexibility index (Phi) is 7.94. The molecule has 0 saturated heterocycles. The standard InChI is InChI=1S/C31H41N3O3S/c1-20-7-4-5-9-26(20)34-27-11-10-22(18-24(27)32-28(34)19-23-8-6-16-38-23)29(35)33-25(30(36)37)17-21-12-14-31(2,3)15-13-21/h6,8,10-11,16,18,20-21,25-26H,4-5,7,9,12-15,17,19H2,1-3H3,(H,33,35)(H,36,37)/t20-,25?,26?/m1/s1. The molecular formula is C31H41N3O3S. The number of carbonyl (C=O) groups excluding carboxylic acids is 1. The van der Waals surface area contributed by atoms with E-state index in [-0.39, 0.29) is 5.91 Å². The first-order chi connectivity index (χ1) is 18.2. The van der Waals surface area contributed by atoms with Gasteiger partial charge in [-0.2, -0.15) is 0 Å². The summed E-state index contributed by atoms with van der Waals surface area (Å²) in [5, 5.41) is 14.8. The molecule has 0 radical (unpaired) electrons. The molecule has 2 aromatic heterocycles. The van der Waals surface area contributed by atoms with Crippen molar-refractivity contribution in [1.29, 1.82) is 0 Å². The summed E-state index contributed by atoms with van der Waals surface area (Å²) in [5.41, 5.74) is 2.67. The highest BCUT2D eigenvalue weighted by atomic mass is 32.1. The Hall–Kier alpha value is -2.67. The van der Waals surface area contributed by atoms with E-state index in [0.29, 0.717) is 35.3 Å². The van der Waals surface area contributed by atoms with E-state index in [4.69, 9.17) is 4.98 Å². The normalized spacial score (nSPS) is 22.8. The maximum Gasteiger partial charge on any atom is 0.326 e. The number of carbonyl (C=O) groups is 2. The summed E-state index contributed by atoms with van der Waals surface area (Å²) in [6, 6.07) is 9.44. The Labute approximate surface area is 229 Å². The van der Waals surface area contributed by atoms with Crippen LogP contribution in [0.15, 0.2) is 35.7 Å². The van der Waals surface area contributed by atoms with E-state index in [1.165, 1.54) is 24.1 Å². The first kappa shape index (κ1) is 26.9. The quantitative estimate of drug-likeness (QED) is 0.319. The van der Waals surface area contributed by atoms with Gasteiger partial charge in [0.2, 0.25) is 0 Å². The summed E-state index contributed by atoms with van der Waals surface area (Å²) >= 11 is 1.74. The molecule has 2 unspecified atom stereocenters. The Balaban J connectivity index is 1.38. The lowest BCUT2D eigenvalue weighted by atomic mass is 9.71. The predicted octanol–water partition coefficient (Wildman–Crippen LogP) is 7.23. The fourth-order valence-corrected chi connectivity index (χ4v) is 7.23. The minimum absolute atomic E-state index is 0.328. The highest BCUT2D eigenvalue weighted by molar-refractivity contribution is 7.09. The van der Waals surface area contributed by atoms with Crippen molar-refractivity contribution in [3.63, 3.8) is 0 Å². The number of benzene rings is 1. The number of carboxylic acids is 1. The van der Waals surface area contributed by atoms with Crippen molar-refractivity contribution in [1.82, 2.24) is 14.9 Å². The van der Waals surface area contributed by atoms with Crippen LogP contribution in [-0.4, -0.2) is 32.6 Å². The smallest absolute Gasteiger partial charge is 0.326 e. The zero-order valence-corrected chi connectivity index (χ0v) is 23.7. The minimum Gasteiger partial charge on any atom is -0.480 e. The van der Waals surface area contributed by atoms with Crippen molar-refractivity contribution in [2.45, 2.75) is 97.1 Å². The van der Waals surface area contributed by atoms with Crippen molar-refractivity contribution < 1.29 is 14.7 Å². The average molecular weight is 536 g/mol. The van der Waals surface area contributed by atoms with Gasteiger partial charge < -0.3 is 15.0 Å². The molecule has 0 aliphatic heterocycles. The van der Waals surface area contributed by atoms with Gasteiger partial charge in [-0.1, -0.05) is 39.7 Å². The number of hydrogen-bond donors (Lipinski definition) is 2. The largest absolute Gasteiger partial charge is 0.480 e. The number of rotatable bonds is 8. The molecule has 7 heteroatoms. The van der Waals surface area contributed by atoms with Gasteiger partial charge in [-0.3, -0.25) is 4.79 Å². The maximum absolute atomic E-state index is 13.2. The second-order valence-corrected chi connectivity index (χ2v) is 13.4. The number of carboxylic acid groups (broad SMARTS) is 1. The fraction of sp³-hybridized carbons (Fsp3) is 0.581. The fourth-order valence-electron chi connectivity index (χ4n) is 6.53. The third kappa shape index (κ3) is 5.98. The van der Waals surface area contributed by atoms with E-state index in [1.54, 1.807) is 11.3 Å². The minimum atomic E-state index is -0.960. The molecule has 2 heterocycles. The van der Waals surface area contributed by atoms with Crippen LogP contribution < -0.4 is 5.32 Å². The van der Waals surface area contributed by atoms with Crippen LogP contribution in [0.25, 0.3) is 11.0 Å². The van der Waals surface area contributed by atoms with E-state index < -0.39 is 12.0 Å². The molecule has 2 aliphatic carbocycles. The number of nitrogens with zero attached hydrogens (tertiary/aromatic N) is 2. The van der Waals surface area contributed by atoms with Gasteiger partial charge in [0.25, 0.3) is 5.91 Å². The number of nitrogens with one attached hydrogen (secondary N) is 1. The van der Waals surface area contributed by atoms with Crippen molar-refractivity contribution in [2.75, 3.05) is 0 Å². The van der Waals surface area contributed by atoms with Gasteiger partial charge in [0.05, 0.1) is 11.0 Å². The van der Waals surface area contributed by atoms with Crippen molar-refractivity contribution in [3.05, 3.63) is 52.0 Å². The third-order valence-corrected chi connectivity index (χ3v) is 9.84. The molecule has 2 fully saturated rings. The number of hydrogen-bond acceptors (Lipinski definition) is 4. The highest BCUT2D eigenvalue weighted by Gasteiger charge is 2.32. The summed E-state index contributed by atoms with van der Waals surface area (Å²) in [7, 11) is 0. The van der Waals surface area contributed by atoms with Crippen LogP contribution in [0.3, 0.4) is 0 Å². The highest BCUT2D eigenvalue weighted by Crippen LogP contribution is 2.40. The zero-order chi connectivity index (χ0) is 26.9. The number of imidazole rings is 1. The summed E-state index contributed by atoms with van der Waals surface area (Å²) in [6.45, 7) is 6.89. The van der Waals surface area contributed by atoms with E-state index in [9.17, 15) is 14.7 Å². The summed E-state index contributed by atoms with van der Waals surface area (Å²) in [6.07, 6.45) is 10.4. The molecule has 1 aromatic carbocycles. The topological polar surface area (TPSA) is 84.2 Å². The van der Waals surface area contributed by atoms with Crippen LogP contribution >= 0.6 is 11.3 Å². The van der Waals surface area contributed by atoms with Crippen LogP contribution in [-0.2, 0) is 11.2 Å². The number of aliphatic carboxylic acids is 1. The van der Waals surface area contributed by atoms with Gasteiger partial charge >= 0.3 is 5.97 Å². The van der Waals surface area contributed by atoms with Crippen LogP contribution in [0, 0.1) is 17.3 Å². The van der Waals surface area contributed by atoms with E-state index in [1.807, 2.05) is 18.2 Å². The van der Waals surface area contributed by atoms with Crippen molar-refractivity contribution in [3.8, 4) is 0 Å². The lowest BCUT2D eigenvalue weighted by Gasteiger charge is -2.35. The Bertz CT molecular complexity index is 1270. The number of amides is 1. The van der Waals surface area contributed by atoms with Gasteiger partial charge in [-0.25, -0.2) is 9.78 Å². The molecule has 3 aromatic rings. The molecule has 5 rings (SSSR count). The second kappa shape index (κ2) is 11.2. The van der Waals surface area contributed by atoms with Crippen molar-refractivity contribution >= 4 is 34.2 Å². The van der Waals surface area contributed by atoms with E-state index >= 15 is 0 Å². The van der Waals surface area contributed by atoms with Crippen LogP contribution in [0.2, 0.25) is 0 Å². The molecule has 0 spiro atoms. The summed E-state index contributed by atoms with van der Waals surface area (Å²) in [4.78, 5) is 31.6. The van der Waals surface area contributed by atoms with Gasteiger partial charge in [-0.05, 0) is 91.8 Å². The van der Waals surface area contributed by atoms with Gasteiger partial charge in [-0.15, -0.1) is 11.3 Å². The number of aromatic nitrogens is 2. The van der Waals surface area contributed by atoms with E-state index in [2.05, 4.69) is 48.2 Å². The Morgan fingerprint density at radius 2 is 1.92 bits per heavy atom. The molecular weight excluding hydrogens is 494 g/mol. The Morgan fingerprint density at radius 1 is 1.16 bits per heavy atom. The molecule has 0 bridgehead atoms. The monoisotopic (exact) mass is 535 g/mol. The molecule has 2 N–H and O–H groups in total. The first-order valence-electron chi connectivity index (χ1n) is 14.3. The average Bonchev–Trinajstić information content (AvgIpc) is 3.52. The molecule has 204 valence electrons. The molecule has 38 heavy (non-hydrogen) atoms. The maximum atomic E-state index is 13.2. The lowest BCUT2D eigenvalue weighted by Crippen LogP contribution is -2.42. The Morgan fingerprint density at radius 3 is 2.61 bits per heavy atom. The van der Waals surface area contributed by atoms with Crippen LogP contribution in [0.1, 0.15) is 106 Å². The third-order valence-electron chi connectivity index (χ3n) is 8.97. The van der Waals surface area contributed by atoms with Gasteiger partial charge in [0, 0.05) is 22.9 Å². The van der Waals surface area contributed by atoms with Crippen molar-refractivity contribution in [2.24, 2.45) is 17.3 Å². The lowest BCUT2D eigenvalue weighted by molar-refractivity contribution is -0.139. The van der Waals surface area contributed by atoms with Gasteiger partial charge in [0.1, 0.15) is 11.9 Å². The zero-order valence-electron chi connectivity index (χ0n) is 22.9. The number of fused-ring (bicyclic) bond motifs is 1. The van der Waals surface area contributed by atoms with Crippen LogP contribution in [0.4, 0.5) is 0 Å². The second-order valence-electron chi connectivity index (χ2n) is 12.4. The first-order valence-corrected chi connectivity index (χ1v) is 15.1. The summed E-state index contributed by atoms with van der Waals surface area (Å²) in [5.74, 6) is 0.657. The number of thiophene rings is 1. The molecule has 6 nitrogen and oxygen atoms in total. The molecule has 2 aliphatic rings. The van der Waals surface area contributed by atoms with Gasteiger partial charge in [0.15, 0.2) is 0 Å². The molecule has 1 amide bonds. The van der Waals surface area contributed by atoms with Crippen LogP contribution in [0.5, 0.6) is 0 Å². The summed E-state index contributed by atoms with van der Waals surface area (Å²) < 4.78 is 2.42. The molecule has 2 saturated carbocycles. The van der Waals surface area contributed by atoms with E-state index in [0.717, 1.165) is 55.4 Å². The predicted molar refractivity (Wildman–Crippen MR) is 153 cm³/mol. The SMILES string of the molecule is C[C@@H]1CCCCC1n1c(Cc2cccs2)nc2cc(C(=O)NC(CC3CCC(C)(C)CC3)C(=O)O)ccc21. The molecule has 3 atom stereocenters.